The number of aryl methyl sites for hydroxylation is 1. The van der Waals surface area contributed by atoms with Crippen LogP contribution in [-0.2, 0) is 16.3 Å². The Kier molecular flexibility index (Phi) is 5.33. The van der Waals surface area contributed by atoms with E-state index in [2.05, 4.69) is 5.10 Å². The lowest BCUT2D eigenvalue weighted by Crippen LogP contribution is -2.22. The molecule has 32 heavy (non-hydrogen) atoms. The predicted molar refractivity (Wildman–Crippen MR) is 128 cm³/mol. The van der Waals surface area contributed by atoms with Crippen molar-refractivity contribution >= 4 is 46.9 Å². The number of aliphatic imine (C=N–C) groups is 1. The van der Waals surface area contributed by atoms with Gasteiger partial charge in [-0.2, -0.15) is 10.1 Å². The first-order valence-corrected chi connectivity index (χ1v) is 12.7. The van der Waals surface area contributed by atoms with Crippen molar-refractivity contribution in [3.8, 4) is 11.4 Å². The van der Waals surface area contributed by atoms with E-state index in [4.69, 9.17) is 37.4 Å². The van der Waals surface area contributed by atoms with E-state index in [9.17, 15) is 4.39 Å². The molecular weight excluding hydrogens is 468 g/mol. The molecule has 1 aliphatic rings. The molecule has 5 rings (SSSR count). The highest BCUT2D eigenvalue weighted by molar-refractivity contribution is 8.14. The Balaban J connectivity index is 1.72. The first-order valence-electron chi connectivity index (χ1n) is 9.68. The molecule has 0 fully saturated rings. The second kappa shape index (κ2) is 8.17. The van der Waals surface area contributed by atoms with E-state index in [1.807, 2.05) is 37.3 Å². The van der Waals surface area contributed by atoms with Gasteiger partial charge in [0.1, 0.15) is 5.30 Å². The van der Waals surface area contributed by atoms with Crippen LogP contribution < -0.4 is 9.83 Å². The first-order chi connectivity index (χ1) is 15.4. The quantitative estimate of drug-likeness (QED) is 0.329. The molecule has 0 amide bonds. The fraction of sp³-hybridized carbons (Fsp3) is 0.0435. The van der Waals surface area contributed by atoms with E-state index >= 15 is 0 Å². The Morgan fingerprint density at radius 3 is 2.41 bits per heavy atom. The molecule has 1 aromatic heterocycles. The summed E-state index contributed by atoms with van der Waals surface area (Å²) >= 11 is 12.0. The minimum Gasteiger partial charge on any atom is -0.429 e. The number of fused-ring (bicyclic) bond motifs is 1. The number of rotatable bonds is 4. The van der Waals surface area contributed by atoms with Crippen molar-refractivity contribution in [3.05, 3.63) is 101 Å². The number of benzene rings is 3. The van der Waals surface area contributed by atoms with Crippen LogP contribution in [0.4, 0.5) is 10.2 Å². The summed E-state index contributed by atoms with van der Waals surface area (Å²) in [6.07, 6.45) is 0. The second-order valence-electron chi connectivity index (χ2n) is 7.04. The van der Waals surface area contributed by atoms with Gasteiger partial charge >= 0.3 is 6.49 Å². The Morgan fingerprint density at radius 2 is 1.69 bits per heavy atom. The largest absolute Gasteiger partial charge is 0.429 e. The van der Waals surface area contributed by atoms with Crippen molar-refractivity contribution in [2.45, 2.75) is 6.92 Å². The van der Waals surface area contributed by atoms with Gasteiger partial charge in [-0.1, -0.05) is 41.9 Å². The lowest BCUT2D eigenvalue weighted by Gasteiger charge is -2.28. The molecule has 2 heterocycles. The van der Waals surface area contributed by atoms with Crippen molar-refractivity contribution in [1.29, 1.82) is 0 Å². The maximum atomic E-state index is 14.5. The summed E-state index contributed by atoms with van der Waals surface area (Å²) in [5.74, 6) is 0.270. The van der Waals surface area contributed by atoms with E-state index in [0.717, 1.165) is 5.69 Å². The maximum Gasteiger partial charge on any atom is 0.326 e. The van der Waals surface area contributed by atoms with Crippen molar-refractivity contribution in [2.24, 2.45) is 4.99 Å². The summed E-state index contributed by atoms with van der Waals surface area (Å²) < 4.78 is 28.4. The van der Waals surface area contributed by atoms with E-state index in [1.165, 1.54) is 12.1 Å². The molecule has 1 unspecified atom stereocenters. The van der Waals surface area contributed by atoms with Gasteiger partial charge in [0.05, 0.1) is 11.4 Å². The fourth-order valence-corrected chi connectivity index (χ4v) is 6.43. The van der Waals surface area contributed by atoms with Crippen LogP contribution in [0, 0.1) is 12.7 Å². The van der Waals surface area contributed by atoms with Gasteiger partial charge in [-0.05, 0) is 67.3 Å². The van der Waals surface area contributed by atoms with Crippen LogP contribution in [0.1, 0.15) is 11.3 Å². The van der Waals surface area contributed by atoms with E-state index < -0.39 is 12.3 Å². The fourth-order valence-electron chi connectivity index (χ4n) is 3.38. The van der Waals surface area contributed by atoms with Crippen molar-refractivity contribution in [2.75, 3.05) is 0 Å². The molecule has 0 saturated heterocycles. The summed E-state index contributed by atoms with van der Waals surface area (Å²) in [6, 6.07) is 22.7. The molecule has 1 aliphatic heterocycles. The molecular formula is C23H16ClFN3O2PS. The van der Waals surface area contributed by atoms with Gasteiger partial charge in [0.2, 0.25) is 5.90 Å². The summed E-state index contributed by atoms with van der Waals surface area (Å²) in [6.45, 7) is -1.46. The van der Waals surface area contributed by atoms with Gasteiger partial charge in [0, 0.05) is 10.6 Å². The lowest BCUT2D eigenvalue weighted by molar-refractivity contribution is 0.465. The zero-order chi connectivity index (χ0) is 22.3. The van der Waals surface area contributed by atoms with Crippen molar-refractivity contribution in [3.63, 3.8) is 0 Å². The van der Waals surface area contributed by atoms with Crippen LogP contribution >= 0.6 is 18.1 Å². The number of nitrogens with zero attached hydrogens (tertiary/aromatic N) is 3. The van der Waals surface area contributed by atoms with Crippen LogP contribution in [-0.4, -0.2) is 15.7 Å². The molecule has 0 saturated carbocycles. The standard InChI is InChI=1S/C23H16ClFN3O2PS/c1-15-21-22(28(27-15)18-7-3-2-4-8-18)26-23(16-11-13-17(24)14-12-16)30-31(21,32)29-20-10-6-5-9-19(20)25/h2-14H,1H3. The summed E-state index contributed by atoms with van der Waals surface area (Å²) in [5.41, 5.74) is 2.10. The second-order valence-corrected chi connectivity index (χ2v) is 10.7. The average molecular weight is 484 g/mol. The SMILES string of the molecule is Cc1nn(-c2ccccc2)c2c1P(=S)(Oc1ccccc1F)OC(c1ccc(Cl)cc1)=N2. The van der Waals surface area contributed by atoms with Crippen LogP contribution in [0.2, 0.25) is 5.02 Å². The molecule has 0 N–H and O–H groups in total. The molecule has 3 aromatic carbocycles. The summed E-state index contributed by atoms with van der Waals surface area (Å²) in [4.78, 5) is 4.74. The third-order valence-electron chi connectivity index (χ3n) is 4.84. The topological polar surface area (TPSA) is 48.6 Å². The Bertz CT molecular complexity index is 1390. The zero-order valence-electron chi connectivity index (χ0n) is 16.8. The third kappa shape index (κ3) is 3.73. The van der Waals surface area contributed by atoms with Crippen LogP contribution in [0.15, 0.2) is 83.9 Å². The van der Waals surface area contributed by atoms with Gasteiger partial charge in [-0.25, -0.2) is 9.07 Å². The molecule has 0 radical (unpaired) electrons. The molecule has 5 nitrogen and oxygen atoms in total. The number of hydrogen-bond donors (Lipinski definition) is 0. The van der Waals surface area contributed by atoms with Gasteiger partial charge in [-0.15, -0.1) is 0 Å². The highest BCUT2D eigenvalue weighted by Gasteiger charge is 2.40. The molecule has 4 aromatic rings. The smallest absolute Gasteiger partial charge is 0.326 e. The van der Waals surface area contributed by atoms with Gasteiger partial charge in [0.25, 0.3) is 0 Å². The van der Waals surface area contributed by atoms with E-state index in [0.29, 0.717) is 27.4 Å². The molecule has 0 spiro atoms. The molecule has 0 aliphatic carbocycles. The Morgan fingerprint density at radius 1 is 1.00 bits per heavy atom. The zero-order valence-corrected chi connectivity index (χ0v) is 19.2. The maximum absolute atomic E-state index is 14.5. The lowest BCUT2D eigenvalue weighted by atomic mass is 10.2. The minimum atomic E-state index is -3.28. The van der Waals surface area contributed by atoms with Gasteiger partial charge in [-0.3, -0.25) is 0 Å². The normalized spacial score (nSPS) is 17.3. The van der Waals surface area contributed by atoms with E-state index in [-0.39, 0.29) is 11.6 Å². The molecule has 9 heteroatoms. The van der Waals surface area contributed by atoms with Crippen molar-refractivity contribution in [1.82, 2.24) is 9.78 Å². The minimum absolute atomic E-state index is 0.0194. The predicted octanol–water partition coefficient (Wildman–Crippen LogP) is 6.10. The number of aromatic nitrogens is 2. The average Bonchev–Trinajstić information content (AvgIpc) is 3.14. The monoisotopic (exact) mass is 483 g/mol. The first kappa shape index (κ1) is 20.9. The molecule has 0 bridgehead atoms. The number of hydrogen-bond acceptors (Lipinski definition) is 5. The number of halogens is 2. The van der Waals surface area contributed by atoms with Crippen LogP contribution in [0.5, 0.6) is 5.75 Å². The summed E-state index contributed by atoms with van der Waals surface area (Å²) in [5, 5.41) is 5.79. The van der Waals surface area contributed by atoms with Crippen LogP contribution in [0.25, 0.3) is 5.69 Å². The van der Waals surface area contributed by atoms with E-state index in [1.54, 1.807) is 41.1 Å². The van der Waals surface area contributed by atoms with Gasteiger partial charge < -0.3 is 9.05 Å². The summed E-state index contributed by atoms with van der Waals surface area (Å²) in [7, 11) is 0. The molecule has 160 valence electrons. The van der Waals surface area contributed by atoms with Gasteiger partial charge in [0.15, 0.2) is 17.4 Å². The highest BCUT2D eigenvalue weighted by Crippen LogP contribution is 2.54. The third-order valence-corrected chi connectivity index (χ3v) is 8.01. The number of para-hydroxylation sites is 2. The Hall–Kier alpha value is -2.99. The van der Waals surface area contributed by atoms with Crippen molar-refractivity contribution < 1.29 is 13.4 Å². The molecule has 1 atom stereocenters. The highest BCUT2D eigenvalue weighted by atomic mass is 35.5. The Labute approximate surface area is 194 Å². The van der Waals surface area contributed by atoms with Crippen LogP contribution in [0.3, 0.4) is 0 Å².